The summed E-state index contributed by atoms with van der Waals surface area (Å²) in [7, 11) is 0. The van der Waals surface area contributed by atoms with E-state index in [1.165, 1.54) is 4.90 Å². The molecule has 0 saturated carbocycles. The maximum atomic E-state index is 10.6. The normalized spacial score (nSPS) is 24.9. The Labute approximate surface area is 60.5 Å². The fourth-order valence-electron chi connectivity index (χ4n) is 0.957. The first kappa shape index (κ1) is 7.12. The van der Waals surface area contributed by atoms with E-state index in [1.54, 1.807) is 0 Å². The molecule has 10 heavy (non-hydrogen) atoms. The quantitative estimate of drug-likeness (QED) is 0.528. The van der Waals surface area contributed by atoms with E-state index in [4.69, 9.17) is 5.73 Å². The number of primary amides is 1. The number of hydrogen-bond acceptors (Lipinski definition) is 1. The fourth-order valence-corrected chi connectivity index (χ4v) is 0.957. The highest BCUT2D eigenvalue weighted by Crippen LogP contribution is 2.10. The van der Waals surface area contributed by atoms with Crippen molar-refractivity contribution in [3.8, 4) is 0 Å². The van der Waals surface area contributed by atoms with Crippen LogP contribution < -0.4 is 5.73 Å². The van der Waals surface area contributed by atoms with E-state index in [-0.39, 0.29) is 0 Å². The molecule has 0 fully saturated rings. The van der Waals surface area contributed by atoms with Crippen LogP contribution in [0.4, 0.5) is 4.79 Å². The van der Waals surface area contributed by atoms with Gasteiger partial charge in [0.05, 0.1) is 6.20 Å². The van der Waals surface area contributed by atoms with Gasteiger partial charge in [0.15, 0.2) is 0 Å². The summed E-state index contributed by atoms with van der Waals surface area (Å²) in [6.45, 7) is 2.78. The lowest BCUT2D eigenvalue weighted by Gasteiger charge is -2.22. The van der Waals surface area contributed by atoms with Crippen molar-refractivity contribution in [3.05, 3.63) is 12.3 Å². The van der Waals surface area contributed by atoms with Crippen LogP contribution in [0.5, 0.6) is 0 Å². The van der Waals surface area contributed by atoms with Gasteiger partial charge in [0.2, 0.25) is 0 Å². The topological polar surface area (TPSA) is 46.3 Å². The van der Waals surface area contributed by atoms with E-state index in [0.29, 0.717) is 12.5 Å². The summed E-state index contributed by atoms with van der Waals surface area (Å²) in [5.41, 5.74) is 5.03. The Morgan fingerprint density at radius 3 is 3.00 bits per heavy atom. The highest BCUT2D eigenvalue weighted by atomic mass is 16.2. The average Bonchev–Trinajstić information content (AvgIpc) is 1.88. The highest BCUT2D eigenvalue weighted by molar-refractivity contribution is 5.72. The van der Waals surface area contributed by atoms with Crippen LogP contribution in [0, 0.1) is 12.1 Å². The monoisotopic (exact) mass is 139 g/mol. The van der Waals surface area contributed by atoms with Gasteiger partial charge in [-0.15, -0.1) is 0 Å². The second kappa shape index (κ2) is 2.73. The SMILES string of the molecule is CC1CC=[C]N(C(N)=O)C1. The number of allylic oxidation sites excluding steroid dienone is 1. The molecule has 0 bridgehead atoms. The molecule has 0 aromatic carbocycles. The van der Waals surface area contributed by atoms with E-state index in [2.05, 4.69) is 13.1 Å². The van der Waals surface area contributed by atoms with Gasteiger partial charge >= 0.3 is 6.03 Å². The zero-order chi connectivity index (χ0) is 7.56. The lowest BCUT2D eigenvalue weighted by molar-refractivity contribution is 0.212. The average molecular weight is 139 g/mol. The van der Waals surface area contributed by atoms with Crippen molar-refractivity contribution in [2.45, 2.75) is 13.3 Å². The summed E-state index contributed by atoms with van der Waals surface area (Å²) in [6.07, 6.45) is 5.62. The second-order valence-corrected chi connectivity index (χ2v) is 2.62. The van der Waals surface area contributed by atoms with Crippen molar-refractivity contribution < 1.29 is 4.79 Å². The largest absolute Gasteiger partial charge is 0.351 e. The molecule has 1 aliphatic heterocycles. The van der Waals surface area contributed by atoms with Gasteiger partial charge in [0.1, 0.15) is 0 Å². The van der Waals surface area contributed by atoms with E-state index in [1.807, 2.05) is 6.08 Å². The van der Waals surface area contributed by atoms with Gasteiger partial charge in [0.25, 0.3) is 0 Å². The number of rotatable bonds is 0. The molecule has 3 heteroatoms. The molecule has 1 radical (unpaired) electrons. The Hall–Kier alpha value is -0.990. The number of nitrogens with two attached hydrogens (primary N) is 1. The van der Waals surface area contributed by atoms with Gasteiger partial charge in [-0.3, -0.25) is 4.90 Å². The van der Waals surface area contributed by atoms with Gasteiger partial charge in [-0.05, 0) is 12.3 Å². The van der Waals surface area contributed by atoms with Crippen LogP contribution >= 0.6 is 0 Å². The van der Waals surface area contributed by atoms with Crippen molar-refractivity contribution in [2.75, 3.05) is 6.54 Å². The van der Waals surface area contributed by atoms with Gasteiger partial charge in [-0.1, -0.05) is 13.0 Å². The van der Waals surface area contributed by atoms with Gasteiger partial charge in [0, 0.05) is 6.54 Å². The molecule has 0 aromatic rings. The Morgan fingerprint density at radius 2 is 2.60 bits per heavy atom. The van der Waals surface area contributed by atoms with Crippen LogP contribution in [0.3, 0.4) is 0 Å². The molecule has 1 unspecified atom stereocenters. The van der Waals surface area contributed by atoms with E-state index in [0.717, 1.165) is 6.42 Å². The molecule has 55 valence electrons. The third-order valence-electron chi connectivity index (χ3n) is 1.53. The summed E-state index contributed by atoms with van der Waals surface area (Å²) >= 11 is 0. The van der Waals surface area contributed by atoms with Crippen molar-refractivity contribution in [2.24, 2.45) is 11.7 Å². The second-order valence-electron chi connectivity index (χ2n) is 2.62. The van der Waals surface area contributed by atoms with Crippen molar-refractivity contribution in [1.82, 2.24) is 4.90 Å². The third-order valence-corrected chi connectivity index (χ3v) is 1.53. The molecular weight excluding hydrogens is 128 g/mol. The first-order valence-electron chi connectivity index (χ1n) is 3.35. The number of nitrogens with zero attached hydrogens (tertiary/aromatic N) is 1. The molecule has 0 aliphatic carbocycles. The zero-order valence-electron chi connectivity index (χ0n) is 6.00. The minimum absolute atomic E-state index is 0.414. The molecule has 1 rings (SSSR count). The molecule has 1 aliphatic rings. The van der Waals surface area contributed by atoms with E-state index in [9.17, 15) is 4.79 Å². The minimum atomic E-state index is -0.414. The Morgan fingerprint density at radius 1 is 1.90 bits per heavy atom. The summed E-state index contributed by atoms with van der Waals surface area (Å²) in [6, 6.07) is -0.414. The molecule has 2 amide bonds. The predicted octanol–water partition coefficient (Wildman–Crippen LogP) is 0.724. The maximum Gasteiger partial charge on any atom is 0.319 e. The molecule has 2 N–H and O–H groups in total. The smallest absolute Gasteiger partial charge is 0.319 e. The van der Waals surface area contributed by atoms with Gasteiger partial charge in [-0.2, -0.15) is 0 Å². The lowest BCUT2D eigenvalue weighted by atomic mass is 10.1. The summed E-state index contributed by atoms with van der Waals surface area (Å²) < 4.78 is 0. The van der Waals surface area contributed by atoms with Gasteiger partial charge < -0.3 is 5.73 Å². The number of carbonyl (C=O) groups is 1. The summed E-state index contributed by atoms with van der Waals surface area (Å²) in [5.74, 6) is 0.508. The van der Waals surface area contributed by atoms with Gasteiger partial charge in [-0.25, -0.2) is 4.79 Å². The summed E-state index contributed by atoms with van der Waals surface area (Å²) in [5, 5.41) is 0. The Balaban J connectivity index is 2.55. The molecule has 1 atom stereocenters. The number of amides is 2. The molecular formula is C7H11N2O. The molecule has 0 spiro atoms. The Bertz CT molecular complexity index is 165. The van der Waals surface area contributed by atoms with Crippen LogP contribution in [0.15, 0.2) is 6.08 Å². The molecule has 0 saturated heterocycles. The molecule has 1 heterocycles. The predicted molar refractivity (Wildman–Crippen MR) is 37.9 cm³/mol. The number of hydrogen-bond donors (Lipinski definition) is 1. The van der Waals surface area contributed by atoms with E-state index < -0.39 is 6.03 Å². The van der Waals surface area contributed by atoms with Crippen molar-refractivity contribution in [1.29, 1.82) is 0 Å². The van der Waals surface area contributed by atoms with Crippen molar-refractivity contribution in [3.63, 3.8) is 0 Å². The lowest BCUT2D eigenvalue weighted by Crippen LogP contribution is -2.36. The third kappa shape index (κ3) is 1.50. The fraction of sp³-hybridized carbons (Fsp3) is 0.571. The van der Waals surface area contributed by atoms with E-state index >= 15 is 0 Å². The highest BCUT2D eigenvalue weighted by Gasteiger charge is 2.14. The molecule has 3 nitrogen and oxygen atoms in total. The number of urea groups is 1. The summed E-state index contributed by atoms with van der Waals surface area (Å²) in [4.78, 5) is 12.0. The van der Waals surface area contributed by atoms with Crippen LogP contribution in [0.1, 0.15) is 13.3 Å². The minimum Gasteiger partial charge on any atom is -0.351 e. The number of carbonyl (C=O) groups excluding carboxylic acids is 1. The van der Waals surface area contributed by atoms with Crippen LogP contribution in [0.2, 0.25) is 0 Å². The first-order valence-corrected chi connectivity index (χ1v) is 3.35. The molecule has 0 aromatic heterocycles. The van der Waals surface area contributed by atoms with Crippen LogP contribution in [0.25, 0.3) is 0 Å². The van der Waals surface area contributed by atoms with Crippen molar-refractivity contribution >= 4 is 6.03 Å². The first-order chi connectivity index (χ1) is 4.70. The Kier molecular flexibility index (Phi) is 1.94. The van der Waals surface area contributed by atoms with Crippen LogP contribution in [-0.4, -0.2) is 17.5 Å². The maximum absolute atomic E-state index is 10.6. The standard InChI is InChI=1S/C7H11N2O/c1-6-3-2-4-9(5-6)7(8)10/h2,6H,3,5H2,1H3,(H2,8,10). The zero-order valence-corrected chi connectivity index (χ0v) is 6.00. The van der Waals surface area contributed by atoms with Crippen LogP contribution in [-0.2, 0) is 0 Å².